The minimum absolute atomic E-state index is 0.0107. The van der Waals surface area contributed by atoms with Gasteiger partial charge >= 0.3 is 0 Å². The highest BCUT2D eigenvalue weighted by Crippen LogP contribution is 2.51. The molecule has 2 aromatic carbocycles. The van der Waals surface area contributed by atoms with Crippen molar-refractivity contribution in [3.05, 3.63) is 84.7 Å². The van der Waals surface area contributed by atoms with Crippen LogP contribution in [-0.4, -0.2) is 48.8 Å². The molecule has 0 unspecified atom stereocenters. The molecule has 2 aliphatic carbocycles. The highest BCUT2D eigenvalue weighted by atomic mass is 79.9. The average molecular weight is 626 g/mol. The predicted molar refractivity (Wildman–Crippen MR) is 156 cm³/mol. The number of ether oxygens (including phenoxy) is 3. The Morgan fingerprint density at radius 3 is 2.29 bits per heavy atom. The van der Waals surface area contributed by atoms with E-state index in [-0.39, 0.29) is 23.9 Å². The van der Waals surface area contributed by atoms with E-state index in [0.29, 0.717) is 58.7 Å². The Kier molecular flexibility index (Phi) is 8.89. The number of halogens is 1. The lowest BCUT2D eigenvalue weighted by molar-refractivity contribution is -0.384. The van der Waals surface area contributed by atoms with Crippen LogP contribution in [0.3, 0.4) is 0 Å². The molecule has 0 N–H and O–H groups in total. The molecule has 0 spiro atoms. The maximum atomic E-state index is 13.6. The molecule has 10 heteroatoms. The number of non-ortho nitro benzene ring substituents is 1. The van der Waals surface area contributed by atoms with E-state index in [1.807, 2.05) is 12.1 Å². The number of carbonyl (C=O) groups is 2. The highest BCUT2D eigenvalue weighted by Gasteiger charge is 2.43. The van der Waals surface area contributed by atoms with Crippen molar-refractivity contribution in [2.45, 2.75) is 57.5 Å². The van der Waals surface area contributed by atoms with Crippen molar-refractivity contribution in [3.8, 4) is 11.5 Å². The number of methoxy groups -OCH3 is 2. The SMILES string of the molecule is COCCCN1C2=C(C(=O)CCC2)C(c2cc(Br)c(OCc3cccc([N+](=O)[O-])c3)c(OC)c2)C2=C1CCCC2=O. The summed E-state index contributed by atoms with van der Waals surface area (Å²) in [7, 11) is 3.22. The molecule has 0 atom stereocenters. The van der Waals surface area contributed by atoms with E-state index in [0.717, 1.165) is 49.1 Å². The van der Waals surface area contributed by atoms with Gasteiger partial charge in [0.25, 0.3) is 5.69 Å². The van der Waals surface area contributed by atoms with Crippen LogP contribution in [0, 0.1) is 10.1 Å². The Morgan fingerprint density at radius 1 is 1.00 bits per heavy atom. The van der Waals surface area contributed by atoms with Gasteiger partial charge < -0.3 is 19.1 Å². The maximum Gasteiger partial charge on any atom is 0.269 e. The molecule has 0 amide bonds. The number of rotatable bonds is 10. The monoisotopic (exact) mass is 624 g/mol. The molecule has 0 bridgehead atoms. The van der Waals surface area contributed by atoms with Crippen LogP contribution >= 0.6 is 15.9 Å². The standard InChI is InChI=1S/C31H33BrN2O7/c1-39-14-6-13-33-23-9-4-11-25(35)29(23)28(30-24(33)10-5-12-26(30)36)20-16-22(32)31(27(17-20)40-2)41-18-19-7-3-8-21(15-19)34(37)38/h3,7-8,15-17,28H,4-6,9-14,18H2,1-2H3. The number of nitrogens with zero attached hydrogens (tertiary/aromatic N) is 2. The van der Waals surface area contributed by atoms with Gasteiger partial charge in [-0.2, -0.15) is 0 Å². The molecule has 0 fully saturated rings. The van der Waals surface area contributed by atoms with Crippen LogP contribution < -0.4 is 9.47 Å². The van der Waals surface area contributed by atoms with E-state index in [1.165, 1.54) is 19.2 Å². The zero-order valence-electron chi connectivity index (χ0n) is 23.2. The van der Waals surface area contributed by atoms with Crippen molar-refractivity contribution in [3.63, 3.8) is 0 Å². The van der Waals surface area contributed by atoms with Crippen molar-refractivity contribution in [2.24, 2.45) is 0 Å². The summed E-state index contributed by atoms with van der Waals surface area (Å²) in [6.07, 6.45) is 4.88. The van der Waals surface area contributed by atoms with E-state index in [1.54, 1.807) is 19.2 Å². The van der Waals surface area contributed by atoms with Gasteiger partial charge in [0.2, 0.25) is 0 Å². The molecule has 1 heterocycles. The van der Waals surface area contributed by atoms with Crippen molar-refractivity contribution < 1.29 is 28.7 Å². The van der Waals surface area contributed by atoms with Gasteiger partial charge in [-0.25, -0.2) is 0 Å². The third-order valence-electron chi connectivity index (χ3n) is 7.91. The lowest BCUT2D eigenvalue weighted by Gasteiger charge is -2.44. The summed E-state index contributed by atoms with van der Waals surface area (Å²) in [6.45, 7) is 1.41. The molecule has 1 aliphatic heterocycles. The molecular weight excluding hydrogens is 592 g/mol. The minimum atomic E-state index is -0.477. The first-order valence-electron chi connectivity index (χ1n) is 13.9. The fraction of sp³-hybridized carbons (Fsp3) is 0.419. The Labute approximate surface area is 247 Å². The Balaban J connectivity index is 1.55. The number of hydrogen-bond donors (Lipinski definition) is 0. The van der Waals surface area contributed by atoms with E-state index >= 15 is 0 Å². The van der Waals surface area contributed by atoms with Gasteiger partial charge in [0, 0.05) is 73.7 Å². The first-order chi connectivity index (χ1) is 19.8. The summed E-state index contributed by atoms with van der Waals surface area (Å²) in [5.74, 6) is 0.569. The Morgan fingerprint density at radius 2 is 1.68 bits per heavy atom. The van der Waals surface area contributed by atoms with Crippen LogP contribution in [0.5, 0.6) is 11.5 Å². The molecular formula is C31H33BrN2O7. The zero-order chi connectivity index (χ0) is 29.1. The number of allylic oxidation sites excluding steroid dienone is 4. The van der Waals surface area contributed by atoms with Crippen LogP contribution in [-0.2, 0) is 20.9 Å². The fourth-order valence-corrected chi connectivity index (χ4v) is 6.72. The molecule has 3 aliphatic rings. The number of Topliss-reactive ketones (excluding diaryl/α,β-unsaturated/α-hetero) is 2. The number of nitro groups is 1. The molecule has 9 nitrogen and oxygen atoms in total. The minimum Gasteiger partial charge on any atom is -0.493 e. The van der Waals surface area contributed by atoms with Crippen molar-refractivity contribution in [2.75, 3.05) is 27.4 Å². The van der Waals surface area contributed by atoms with Gasteiger partial charge in [0.1, 0.15) is 6.61 Å². The third kappa shape index (κ3) is 5.81. The molecule has 0 saturated carbocycles. The number of carbonyl (C=O) groups excluding carboxylic acids is 2. The Hall–Kier alpha value is -3.50. The topological polar surface area (TPSA) is 108 Å². The maximum absolute atomic E-state index is 13.6. The quantitative estimate of drug-likeness (QED) is 0.170. The van der Waals surface area contributed by atoms with Gasteiger partial charge in [-0.05, 0) is 71.3 Å². The van der Waals surface area contributed by atoms with E-state index < -0.39 is 10.8 Å². The largest absolute Gasteiger partial charge is 0.493 e. The van der Waals surface area contributed by atoms with Crippen molar-refractivity contribution >= 4 is 33.2 Å². The molecule has 5 rings (SSSR count). The number of benzene rings is 2. The molecule has 0 saturated heterocycles. The van der Waals surface area contributed by atoms with E-state index in [2.05, 4.69) is 20.8 Å². The van der Waals surface area contributed by atoms with Gasteiger partial charge in [-0.3, -0.25) is 19.7 Å². The molecule has 0 aromatic heterocycles. The molecule has 2 aromatic rings. The molecule has 216 valence electrons. The van der Waals surface area contributed by atoms with Gasteiger partial charge in [0.05, 0.1) is 16.5 Å². The van der Waals surface area contributed by atoms with Gasteiger partial charge in [0.15, 0.2) is 23.1 Å². The van der Waals surface area contributed by atoms with Gasteiger partial charge in [-0.15, -0.1) is 0 Å². The second-order valence-electron chi connectivity index (χ2n) is 10.5. The van der Waals surface area contributed by atoms with Crippen LogP contribution in [0.15, 0.2) is 63.4 Å². The summed E-state index contributed by atoms with van der Waals surface area (Å²) >= 11 is 3.64. The zero-order valence-corrected chi connectivity index (χ0v) is 24.8. The lowest BCUT2D eigenvalue weighted by atomic mass is 9.71. The van der Waals surface area contributed by atoms with Crippen molar-refractivity contribution in [1.82, 2.24) is 4.90 Å². The molecule has 41 heavy (non-hydrogen) atoms. The summed E-state index contributed by atoms with van der Waals surface area (Å²) in [5, 5.41) is 11.2. The first-order valence-corrected chi connectivity index (χ1v) is 14.7. The number of ketones is 2. The average Bonchev–Trinajstić information content (AvgIpc) is 2.96. The van der Waals surface area contributed by atoms with Crippen molar-refractivity contribution in [1.29, 1.82) is 0 Å². The normalized spacial score (nSPS) is 17.5. The highest BCUT2D eigenvalue weighted by molar-refractivity contribution is 9.10. The van der Waals surface area contributed by atoms with E-state index in [4.69, 9.17) is 14.2 Å². The third-order valence-corrected chi connectivity index (χ3v) is 8.50. The smallest absolute Gasteiger partial charge is 0.269 e. The second-order valence-corrected chi connectivity index (χ2v) is 11.3. The summed E-state index contributed by atoms with van der Waals surface area (Å²) < 4.78 is 17.7. The summed E-state index contributed by atoms with van der Waals surface area (Å²) in [5.41, 5.74) is 4.89. The summed E-state index contributed by atoms with van der Waals surface area (Å²) in [6, 6.07) is 10.0. The lowest BCUT2D eigenvalue weighted by Crippen LogP contribution is -2.39. The van der Waals surface area contributed by atoms with Crippen LogP contribution in [0.4, 0.5) is 5.69 Å². The fourth-order valence-electron chi connectivity index (χ4n) is 6.15. The predicted octanol–water partition coefficient (Wildman–Crippen LogP) is 6.39. The number of hydrogen-bond acceptors (Lipinski definition) is 8. The van der Waals surface area contributed by atoms with Crippen LogP contribution in [0.25, 0.3) is 0 Å². The second kappa shape index (κ2) is 12.6. The van der Waals surface area contributed by atoms with Gasteiger partial charge in [-0.1, -0.05) is 12.1 Å². The van der Waals surface area contributed by atoms with Crippen LogP contribution in [0.1, 0.15) is 62.0 Å². The Bertz CT molecular complexity index is 1400. The summed E-state index contributed by atoms with van der Waals surface area (Å²) in [4.78, 5) is 40.1. The van der Waals surface area contributed by atoms with Crippen LogP contribution in [0.2, 0.25) is 0 Å². The number of nitro benzene ring substituents is 1. The van der Waals surface area contributed by atoms with E-state index in [9.17, 15) is 19.7 Å². The first kappa shape index (κ1) is 29.0. The molecule has 0 radical (unpaired) electrons.